The van der Waals surface area contributed by atoms with E-state index in [0.717, 1.165) is 12.8 Å². The Labute approximate surface area is 61.2 Å². The third-order valence-corrected chi connectivity index (χ3v) is 2.19. The third-order valence-electron chi connectivity index (χ3n) is 2.19. The van der Waals surface area contributed by atoms with Gasteiger partial charge in [0.2, 0.25) is 5.91 Å². The van der Waals surface area contributed by atoms with E-state index in [2.05, 4.69) is 0 Å². The number of hydrogen-bond donors (Lipinski definition) is 1. The Morgan fingerprint density at radius 3 is 2.60 bits per heavy atom. The summed E-state index contributed by atoms with van der Waals surface area (Å²) in [5, 5.41) is 0. The molecular formula is C7H14N2O. The van der Waals surface area contributed by atoms with Gasteiger partial charge < -0.3 is 10.6 Å². The highest BCUT2D eigenvalue weighted by Gasteiger charge is 2.24. The number of rotatable bonds is 2. The van der Waals surface area contributed by atoms with Gasteiger partial charge in [-0.3, -0.25) is 4.79 Å². The zero-order valence-corrected chi connectivity index (χ0v) is 6.34. The van der Waals surface area contributed by atoms with Crippen molar-refractivity contribution in [1.29, 1.82) is 0 Å². The lowest BCUT2D eigenvalue weighted by molar-refractivity contribution is -0.131. The Morgan fingerprint density at radius 1 is 1.70 bits per heavy atom. The van der Waals surface area contributed by atoms with E-state index >= 15 is 0 Å². The molecule has 0 aromatic heterocycles. The first-order valence-corrected chi connectivity index (χ1v) is 3.71. The molecule has 0 heterocycles. The number of hydrogen-bond acceptors (Lipinski definition) is 2. The molecule has 0 unspecified atom stereocenters. The molecule has 1 aliphatic rings. The fourth-order valence-corrected chi connectivity index (χ4v) is 1.12. The summed E-state index contributed by atoms with van der Waals surface area (Å²) >= 11 is 0. The van der Waals surface area contributed by atoms with Crippen LogP contribution in [0.25, 0.3) is 0 Å². The van der Waals surface area contributed by atoms with Crippen molar-refractivity contribution in [3.8, 4) is 0 Å². The molecule has 58 valence electrons. The topological polar surface area (TPSA) is 46.3 Å². The summed E-state index contributed by atoms with van der Waals surface area (Å²) in [6, 6.07) is 0.482. The quantitative estimate of drug-likeness (QED) is 0.588. The summed E-state index contributed by atoms with van der Waals surface area (Å²) in [7, 11) is 1.83. The zero-order valence-electron chi connectivity index (χ0n) is 6.34. The molecule has 0 spiro atoms. The summed E-state index contributed by atoms with van der Waals surface area (Å²) in [4.78, 5) is 12.7. The average Bonchev–Trinajstić information content (AvgIpc) is 1.82. The van der Waals surface area contributed by atoms with E-state index in [1.807, 2.05) is 7.05 Å². The predicted octanol–water partition coefficient (Wildman–Crippen LogP) is -0.0440. The average molecular weight is 142 g/mol. The lowest BCUT2D eigenvalue weighted by atomic mass is 9.92. The van der Waals surface area contributed by atoms with Gasteiger partial charge in [0.15, 0.2) is 0 Å². The highest BCUT2D eigenvalue weighted by molar-refractivity contribution is 5.78. The molecule has 1 rings (SSSR count). The van der Waals surface area contributed by atoms with Crippen LogP contribution in [0.2, 0.25) is 0 Å². The van der Waals surface area contributed by atoms with Crippen molar-refractivity contribution < 1.29 is 4.79 Å². The molecular weight excluding hydrogens is 128 g/mol. The van der Waals surface area contributed by atoms with Gasteiger partial charge in [0.1, 0.15) is 0 Å². The molecule has 0 bridgehead atoms. The molecule has 2 N–H and O–H groups in total. The van der Waals surface area contributed by atoms with Gasteiger partial charge in [-0.15, -0.1) is 0 Å². The number of nitrogens with two attached hydrogens (primary N) is 1. The van der Waals surface area contributed by atoms with Gasteiger partial charge in [0.05, 0.1) is 6.54 Å². The van der Waals surface area contributed by atoms with Crippen LogP contribution in [0.1, 0.15) is 19.3 Å². The normalized spacial score (nSPS) is 18.2. The van der Waals surface area contributed by atoms with E-state index in [-0.39, 0.29) is 12.5 Å². The van der Waals surface area contributed by atoms with Gasteiger partial charge in [-0.2, -0.15) is 0 Å². The van der Waals surface area contributed by atoms with Crippen molar-refractivity contribution >= 4 is 5.91 Å². The van der Waals surface area contributed by atoms with Crippen LogP contribution in [0.3, 0.4) is 0 Å². The van der Waals surface area contributed by atoms with Crippen molar-refractivity contribution in [3.05, 3.63) is 0 Å². The standard InChI is InChI=1S/C7H14N2O/c1-9(7(10)5-8)6-3-2-4-6/h6H,2-5,8H2,1H3. The van der Waals surface area contributed by atoms with Crippen molar-refractivity contribution in [3.63, 3.8) is 0 Å². The Hall–Kier alpha value is -0.570. The molecule has 3 nitrogen and oxygen atoms in total. The number of likely N-dealkylation sites (N-methyl/N-ethyl adjacent to an activating group) is 1. The number of nitrogens with zero attached hydrogens (tertiary/aromatic N) is 1. The lowest BCUT2D eigenvalue weighted by Gasteiger charge is -2.34. The van der Waals surface area contributed by atoms with Crippen LogP contribution >= 0.6 is 0 Å². The van der Waals surface area contributed by atoms with Crippen LogP contribution in [-0.4, -0.2) is 30.4 Å². The van der Waals surface area contributed by atoms with E-state index in [1.54, 1.807) is 4.90 Å². The highest BCUT2D eigenvalue weighted by Crippen LogP contribution is 2.23. The Kier molecular flexibility index (Phi) is 2.27. The van der Waals surface area contributed by atoms with Crippen molar-refractivity contribution in [2.45, 2.75) is 25.3 Å². The second-order valence-corrected chi connectivity index (χ2v) is 2.79. The number of amides is 1. The summed E-state index contributed by atoms with van der Waals surface area (Å²) in [6.45, 7) is 0.146. The number of carbonyl (C=O) groups excluding carboxylic acids is 1. The molecule has 10 heavy (non-hydrogen) atoms. The first kappa shape index (κ1) is 7.54. The third kappa shape index (κ3) is 1.29. The van der Waals surface area contributed by atoms with Crippen LogP contribution in [0.4, 0.5) is 0 Å². The van der Waals surface area contributed by atoms with Crippen molar-refractivity contribution in [1.82, 2.24) is 4.90 Å². The molecule has 1 amide bonds. The molecule has 0 aliphatic heterocycles. The fraction of sp³-hybridized carbons (Fsp3) is 0.857. The molecule has 0 atom stereocenters. The minimum absolute atomic E-state index is 0.0599. The molecule has 0 aromatic carbocycles. The molecule has 1 fully saturated rings. The van der Waals surface area contributed by atoms with Crippen molar-refractivity contribution in [2.75, 3.05) is 13.6 Å². The van der Waals surface area contributed by atoms with Gasteiger partial charge in [-0.1, -0.05) is 0 Å². The summed E-state index contributed by atoms with van der Waals surface area (Å²) in [5.74, 6) is 0.0599. The molecule has 0 aromatic rings. The Morgan fingerprint density at radius 2 is 2.30 bits per heavy atom. The molecule has 1 aliphatic carbocycles. The maximum absolute atomic E-state index is 10.9. The molecule has 3 heteroatoms. The van der Waals surface area contributed by atoms with E-state index in [0.29, 0.717) is 6.04 Å². The second-order valence-electron chi connectivity index (χ2n) is 2.79. The maximum atomic E-state index is 10.9. The summed E-state index contributed by atoms with van der Waals surface area (Å²) < 4.78 is 0. The van der Waals surface area contributed by atoms with Gasteiger partial charge in [0, 0.05) is 13.1 Å². The van der Waals surface area contributed by atoms with Crippen LogP contribution in [0, 0.1) is 0 Å². The molecule has 0 saturated heterocycles. The van der Waals surface area contributed by atoms with Crippen LogP contribution < -0.4 is 5.73 Å². The molecule has 1 saturated carbocycles. The minimum Gasteiger partial charge on any atom is -0.342 e. The summed E-state index contributed by atoms with van der Waals surface area (Å²) in [5.41, 5.74) is 5.20. The smallest absolute Gasteiger partial charge is 0.236 e. The van der Waals surface area contributed by atoms with Crippen LogP contribution in [0.15, 0.2) is 0 Å². The van der Waals surface area contributed by atoms with Crippen LogP contribution in [-0.2, 0) is 4.79 Å². The second kappa shape index (κ2) is 3.01. The predicted molar refractivity (Wildman–Crippen MR) is 39.5 cm³/mol. The van der Waals surface area contributed by atoms with E-state index in [4.69, 9.17) is 5.73 Å². The van der Waals surface area contributed by atoms with Gasteiger partial charge in [-0.25, -0.2) is 0 Å². The summed E-state index contributed by atoms with van der Waals surface area (Å²) in [6.07, 6.45) is 3.57. The van der Waals surface area contributed by atoms with Crippen LogP contribution in [0.5, 0.6) is 0 Å². The van der Waals surface area contributed by atoms with Crippen molar-refractivity contribution in [2.24, 2.45) is 5.73 Å². The fourth-order valence-electron chi connectivity index (χ4n) is 1.12. The zero-order chi connectivity index (χ0) is 7.56. The lowest BCUT2D eigenvalue weighted by Crippen LogP contribution is -2.43. The van der Waals surface area contributed by atoms with Gasteiger partial charge in [-0.05, 0) is 19.3 Å². The minimum atomic E-state index is 0.0599. The first-order chi connectivity index (χ1) is 4.75. The SMILES string of the molecule is CN(C(=O)CN)C1CCC1. The van der Waals surface area contributed by atoms with Gasteiger partial charge in [0.25, 0.3) is 0 Å². The van der Waals surface area contributed by atoms with Gasteiger partial charge >= 0.3 is 0 Å². The molecule has 0 radical (unpaired) electrons. The largest absolute Gasteiger partial charge is 0.342 e. The Balaban J connectivity index is 2.31. The highest BCUT2D eigenvalue weighted by atomic mass is 16.2. The Bertz CT molecular complexity index is 132. The van der Waals surface area contributed by atoms with E-state index < -0.39 is 0 Å². The first-order valence-electron chi connectivity index (χ1n) is 3.71. The monoisotopic (exact) mass is 142 g/mol. The van der Waals surface area contributed by atoms with E-state index in [1.165, 1.54) is 6.42 Å². The van der Waals surface area contributed by atoms with E-state index in [9.17, 15) is 4.79 Å². The maximum Gasteiger partial charge on any atom is 0.236 e. The number of carbonyl (C=O) groups is 1.